The first-order valence-electron chi connectivity index (χ1n) is 9.92. The highest BCUT2D eigenvalue weighted by Crippen LogP contribution is 2.30. The summed E-state index contributed by atoms with van der Waals surface area (Å²) in [5.41, 5.74) is 1.49. The molecule has 8 heteroatoms. The molecule has 3 aromatic rings. The van der Waals surface area contributed by atoms with E-state index in [-0.39, 0.29) is 0 Å². The highest BCUT2D eigenvalue weighted by molar-refractivity contribution is 5.61. The Morgan fingerprint density at radius 1 is 1.00 bits per heavy atom. The third-order valence-corrected chi connectivity index (χ3v) is 4.93. The molecule has 1 aliphatic heterocycles. The minimum atomic E-state index is 0.409. The average Bonchev–Trinajstić information content (AvgIpc) is 3.32. The quantitative estimate of drug-likeness (QED) is 0.586. The fourth-order valence-corrected chi connectivity index (χ4v) is 3.26. The third kappa shape index (κ3) is 4.77. The smallest absolute Gasteiger partial charge is 0.263 e. The van der Waals surface area contributed by atoms with Gasteiger partial charge in [0.05, 0.1) is 26.1 Å². The zero-order valence-corrected chi connectivity index (χ0v) is 17.1. The zero-order valence-electron chi connectivity index (χ0n) is 17.1. The van der Waals surface area contributed by atoms with Gasteiger partial charge in [-0.15, -0.1) is 0 Å². The van der Waals surface area contributed by atoms with Crippen molar-refractivity contribution in [2.45, 2.75) is 18.9 Å². The largest absolute Gasteiger partial charge is 0.497 e. The lowest BCUT2D eigenvalue weighted by Gasteiger charge is -2.15. The lowest BCUT2D eigenvalue weighted by atomic mass is 10.2. The fraction of sp³-hybridized carbons (Fsp3) is 0.318. The van der Waals surface area contributed by atoms with Crippen LogP contribution in [0.15, 0.2) is 48.8 Å². The van der Waals surface area contributed by atoms with Crippen LogP contribution >= 0.6 is 0 Å². The van der Waals surface area contributed by atoms with Gasteiger partial charge in [0, 0.05) is 30.4 Å². The van der Waals surface area contributed by atoms with E-state index in [0.717, 1.165) is 30.8 Å². The molecule has 0 spiro atoms. The molecule has 156 valence electrons. The molecule has 1 fully saturated rings. The van der Waals surface area contributed by atoms with E-state index in [1.165, 1.54) is 6.42 Å². The van der Waals surface area contributed by atoms with E-state index in [9.17, 15) is 0 Å². The lowest BCUT2D eigenvalue weighted by Crippen LogP contribution is -2.29. The molecule has 1 aromatic carbocycles. The van der Waals surface area contributed by atoms with Crippen molar-refractivity contribution in [3.8, 4) is 34.5 Å². The molecule has 1 saturated heterocycles. The molecule has 0 unspecified atom stereocenters. The van der Waals surface area contributed by atoms with Gasteiger partial charge >= 0.3 is 0 Å². The zero-order chi connectivity index (χ0) is 20.8. The minimum Gasteiger partial charge on any atom is -0.497 e. The van der Waals surface area contributed by atoms with Gasteiger partial charge in [0.15, 0.2) is 5.82 Å². The summed E-state index contributed by atoms with van der Waals surface area (Å²) in [6.45, 7) is 1.81. The molecule has 1 atom stereocenters. The number of pyridine rings is 1. The summed E-state index contributed by atoms with van der Waals surface area (Å²) in [7, 11) is 3.22. The molecule has 0 bridgehead atoms. The number of hydrogen-bond donors (Lipinski definition) is 2. The summed E-state index contributed by atoms with van der Waals surface area (Å²) in [5, 5.41) is 6.84. The van der Waals surface area contributed by atoms with Gasteiger partial charge in [0.25, 0.3) is 5.88 Å². The monoisotopic (exact) mass is 407 g/mol. The van der Waals surface area contributed by atoms with E-state index in [2.05, 4.69) is 20.6 Å². The minimum absolute atomic E-state index is 0.409. The van der Waals surface area contributed by atoms with E-state index in [4.69, 9.17) is 19.2 Å². The first-order valence-corrected chi connectivity index (χ1v) is 9.92. The fourth-order valence-electron chi connectivity index (χ4n) is 3.26. The van der Waals surface area contributed by atoms with Gasteiger partial charge in [-0.2, -0.15) is 0 Å². The van der Waals surface area contributed by atoms with Crippen molar-refractivity contribution in [2.24, 2.45) is 0 Å². The predicted octanol–water partition coefficient (Wildman–Crippen LogP) is 3.51. The molecule has 1 aliphatic rings. The standard InChI is InChI=1S/C22H25N5O3/c1-28-17-6-8-18(9-7-17)30-22-21(25-13-16-4-3-11-23-16)26-14-19(27-22)15-5-10-20(29-2)24-12-15/h5-10,12,14,16,23H,3-4,11,13H2,1-2H3,(H,25,26)/t16-/m0/s1. The Hall–Kier alpha value is -3.39. The Bertz CT molecular complexity index is 958. The molecule has 3 heterocycles. The molecule has 8 nitrogen and oxygen atoms in total. The van der Waals surface area contributed by atoms with Crippen molar-refractivity contribution >= 4 is 5.82 Å². The molecular weight excluding hydrogens is 382 g/mol. The predicted molar refractivity (Wildman–Crippen MR) is 114 cm³/mol. The van der Waals surface area contributed by atoms with E-state index < -0.39 is 0 Å². The van der Waals surface area contributed by atoms with E-state index >= 15 is 0 Å². The maximum atomic E-state index is 6.07. The topological polar surface area (TPSA) is 90.4 Å². The first kappa shape index (κ1) is 19.9. The van der Waals surface area contributed by atoms with E-state index in [0.29, 0.717) is 35.1 Å². The van der Waals surface area contributed by atoms with Crippen LogP contribution < -0.4 is 24.8 Å². The number of ether oxygens (including phenoxy) is 3. The maximum absolute atomic E-state index is 6.07. The molecule has 2 aromatic heterocycles. The molecule has 2 N–H and O–H groups in total. The van der Waals surface area contributed by atoms with Crippen LogP contribution in [0.25, 0.3) is 11.3 Å². The van der Waals surface area contributed by atoms with Crippen molar-refractivity contribution in [3.05, 3.63) is 48.8 Å². The Balaban J connectivity index is 1.60. The van der Waals surface area contributed by atoms with Crippen LogP contribution in [0.2, 0.25) is 0 Å². The summed E-state index contributed by atoms with van der Waals surface area (Å²) in [5.74, 6) is 2.97. The second kappa shape index (κ2) is 9.41. The Labute approximate surface area is 175 Å². The van der Waals surface area contributed by atoms with Crippen molar-refractivity contribution < 1.29 is 14.2 Å². The summed E-state index contributed by atoms with van der Waals surface area (Å²) in [4.78, 5) is 13.5. The molecule has 30 heavy (non-hydrogen) atoms. The van der Waals surface area contributed by atoms with Crippen molar-refractivity contribution in [3.63, 3.8) is 0 Å². The molecule has 0 radical (unpaired) electrons. The van der Waals surface area contributed by atoms with Gasteiger partial charge in [-0.05, 0) is 49.7 Å². The van der Waals surface area contributed by atoms with Gasteiger partial charge in [-0.3, -0.25) is 0 Å². The number of benzene rings is 1. The second-order valence-electron chi connectivity index (χ2n) is 6.95. The highest BCUT2D eigenvalue weighted by Gasteiger charge is 2.17. The van der Waals surface area contributed by atoms with Crippen LogP contribution in [-0.2, 0) is 0 Å². The number of nitrogens with zero attached hydrogens (tertiary/aromatic N) is 3. The van der Waals surface area contributed by atoms with E-state index in [1.54, 1.807) is 32.7 Å². The van der Waals surface area contributed by atoms with Gasteiger partial charge in [0.2, 0.25) is 5.88 Å². The van der Waals surface area contributed by atoms with Crippen LogP contribution in [0.5, 0.6) is 23.3 Å². The van der Waals surface area contributed by atoms with Crippen molar-refractivity contribution in [1.82, 2.24) is 20.3 Å². The van der Waals surface area contributed by atoms with Gasteiger partial charge in [-0.25, -0.2) is 15.0 Å². The van der Waals surface area contributed by atoms with Crippen LogP contribution in [0, 0.1) is 0 Å². The Morgan fingerprint density at radius 2 is 1.83 bits per heavy atom. The lowest BCUT2D eigenvalue weighted by molar-refractivity contribution is 0.398. The molecule has 0 aliphatic carbocycles. The van der Waals surface area contributed by atoms with Crippen LogP contribution in [-0.4, -0.2) is 48.3 Å². The number of rotatable bonds is 8. The first-order chi connectivity index (χ1) is 14.7. The molecule has 0 saturated carbocycles. The summed E-state index contributed by atoms with van der Waals surface area (Å²) in [6, 6.07) is 11.5. The Morgan fingerprint density at radius 3 is 2.50 bits per heavy atom. The number of nitrogens with one attached hydrogen (secondary N) is 2. The summed E-state index contributed by atoms with van der Waals surface area (Å²) < 4.78 is 16.4. The van der Waals surface area contributed by atoms with Gasteiger partial charge < -0.3 is 24.8 Å². The summed E-state index contributed by atoms with van der Waals surface area (Å²) in [6.07, 6.45) is 5.76. The molecule has 0 amide bonds. The molecule has 4 rings (SSSR count). The van der Waals surface area contributed by atoms with Crippen LogP contribution in [0.4, 0.5) is 5.82 Å². The van der Waals surface area contributed by atoms with Gasteiger partial charge in [0.1, 0.15) is 11.5 Å². The molecular formula is C22H25N5O3. The summed E-state index contributed by atoms with van der Waals surface area (Å²) >= 11 is 0. The third-order valence-electron chi connectivity index (χ3n) is 4.93. The Kier molecular flexibility index (Phi) is 6.24. The van der Waals surface area contributed by atoms with Crippen LogP contribution in [0.3, 0.4) is 0 Å². The maximum Gasteiger partial charge on any atom is 0.263 e. The number of hydrogen-bond acceptors (Lipinski definition) is 8. The SMILES string of the molecule is COc1ccc(Oc2nc(-c3ccc(OC)nc3)cnc2NC[C@@H]2CCCN2)cc1. The highest BCUT2D eigenvalue weighted by atomic mass is 16.5. The van der Waals surface area contributed by atoms with Crippen molar-refractivity contribution in [2.75, 3.05) is 32.6 Å². The number of anilines is 1. The van der Waals surface area contributed by atoms with Crippen LogP contribution in [0.1, 0.15) is 12.8 Å². The van der Waals surface area contributed by atoms with Gasteiger partial charge in [-0.1, -0.05) is 0 Å². The average molecular weight is 407 g/mol. The van der Waals surface area contributed by atoms with E-state index in [1.807, 2.05) is 30.3 Å². The number of methoxy groups -OCH3 is 2. The normalized spacial score (nSPS) is 15.6. The second-order valence-corrected chi connectivity index (χ2v) is 6.95. The number of aromatic nitrogens is 3. The van der Waals surface area contributed by atoms with Crippen molar-refractivity contribution in [1.29, 1.82) is 0 Å².